The molecule has 0 saturated carbocycles. The Labute approximate surface area is 168 Å². The normalized spacial score (nSPS) is 11.0. The molecule has 1 heterocycles. The second-order valence-corrected chi connectivity index (χ2v) is 7.05. The van der Waals surface area contributed by atoms with Gasteiger partial charge in [-0.15, -0.1) is 0 Å². The van der Waals surface area contributed by atoms with E-state index in [9.17, 15) is 9.59 Å². The van der Waals surface area contributed by atoms with Crippen molar-refractivity contribution in [1.29, 1.82) is 0 Å². The predicted octanol–water partition coefficient (Wildman–Crippen LogP) is 4.93. The molecule has 0 fully saturated rings. The van der Waals surface area contributed by atoms with Gasteiger partial charge in [0.1, 0.15) is 5.58 Å². The van der Waals surface area contributed by atoms with E-state index in [1.165, 1.54) is 0 Å². The van der Waals surface area contributed by atoms with Crippen LogP contribution in [0.4, 0.5) is 5.69 Å². The maximum atomic E-state index is 12.3. The first-order chi connectivity index (χ1) is 14.0. The van der Waals surface area contributed by atoms with Crippen LogP contribution >= 0.6 is 0 Å². The molecular weight excluding hydrogens is 366 g/mol. The van der Waals surface area contributed by atoms with Gasteiger partial charge in [-0.1, -0.05) is 42.5 Å². The molecule has 29 heavy (non-hydrogen) atoms. The standard InChI is InChI=1S/C24H21NO4/c1-15-6-5-9-20(16(15)2)25-22(26)14-29-23(27)12-18-13-28-21-11-10-17-7-3-4-8-19(17)24(18)21/h3-11,13H,12,14H2,1-2H3,(H,25,26). The number of carbonyl (C=O) groups is 2. The van der Waals surface area contributed by atoms with Gasteiger partial charge in [-0.05, 0) is 47.9 Å². The third kappa shape index (κ3) is 3.85. The molecule has 0 saturated heterocycles. The summed E-state index contributed by atoms with van der Waals surface area (Å²) in [6.07, 6.45) is 1.62. The number of fused-ring (bicyclic) bond motifs is 3. The fraction of sp³-hybridized carbons (Fsp3) is 0.167. The smallest absolute Gasteiger partial charge is 0.310 e. The summed E-state index contributed by atoms with van der Waals surface area (Å²) in [4.78, 5) is 24.5. The molecule has 4 rings (SSSR count). The van der Waals surface area contributed by atoms with E-state index in [0.717, 1.165) is 44.1 Å². The molecule has 0 aliphatic rings. The highest BCUT2D eigenvalue weighted by Gasteiger charge is 2.15. The Morgan fingerprint density at radius 1 is 1.00 bits per heavy atom. The van der Waals surface area contributed by atoms with Crippen molar-refractivity contribution in [3.8, 4) is 0 Å². The highest BCUT2D eigenvalue weighted by molar-refractivity contribution is 6.08. The highest BCUT2D eigenvalue weighted by Crippen LogP contribution is 2.30. The average molecular weight is 387 g/mol. The van der Waals surface area contributed by atoms with E-state index in [1.807, 2.05) is 68.4 Å². The van der Waals surface area contributed by atoms with E-state index in [4.69, 9.17) is 9.15 Å². The van der Waals surface area contributed by atoms with E-state index in [-0.39, 0.29) is 18.9 Å². The van der Waals surface area contributed by atoms with Gasteiger partial charge in [0.15, 0.2) is 6.61 Å². The fourth-order valence-electron chi connectivity index (χ4n) is 3.43. The van der Waals surface area contributed by atoms with Gasteiger partial charge in [0.05, 0.1) is 12.7 Å². The third-order valence-corrected chi connectivity index (χ3v) is 5.12. The second-order valence-electron chi connectivity index (χ2n) is 7.05. The summed E-state index contributed by atoms with van der Waals surface area (Å²) in [5, 5.41) is 5.78. The molecule has 0 unspecified atom stereocenters. The van der Waals surface area contributed by atoms with Gasteiger partial charge in [-0.3, -0.25) is 9.59 Å². The van der Waals surface area contributed by atoms with E-state index in [0.29, 0.717) is 0 Å². The summed E-state index contributed by atoms with van der Waals surface area (Å²) in [5.41, 5.74) is 4.26. The zero-order chi connectivity index (χ0) is 20.4. The molecule has 0 radical (unpaired) electrons. The highest BCUT2D eigenvalue weighted by atomic mass is 16.5. The number of hydrogen-bond acceptors (Lipinski definition) is 4. The molecule has 0 bridgehead atoms. The van der Waals surface area contributed by atoms with Gasteiger partial charge in [-0.2, -0.15) is 0 Å². The number of ether oxygens (including phenoxy) is 1. The Morgan fingerprint density at radius 2 is 1.83 bits per heavy atom. The fourth-order valence-corrected chi connectivity index (χ4v) is 3.43. The molecule has 1 amide bonds. The quantitative estimate of drug-likeness (QED) is 0.493. The van der Waals surface area contributed by atoms with Gasteiger partial charge in [0.2, 0.25) is 0 Å². The van der Waals surface area contributed by atoms with Crippen LogP contribution in [0.5, 0.6) is 0 Å². The van der Waals surface area contributed by atoms with Crippen molar-refractivity contribution in [2.45, 2.75) is 20.3 Å². The van der Waals surface area contributed by atoms with Crippen molar-refractivity contribution >= 4 is 39.3 Å². The first kappa shape index (κ1) is 18.7. The van der Waals surface area contributed by atoms with Crippen molar-refractivity contribution in [3.63, 3.8) is 0 Å². The van der Waals surface area contributed by atoms with Gasteiger partial charge < -0.3 is 14.5 Å². The molecule has 1 N–H and O–H groups in total. The zero-order valence-corrected chi connectivity index (χ0v) is 16.3. The molecular formula is C24H21NO4. The van der Waals surface area contributed by atoms with Crippen LogP contribution in [0.25, 0.3) is 21.7 Å². The van der Waals surface area contributed by atoms with E-state index in [2.05, 4.69) is 5.32 Å². The summed E-state index contributed by atoms with van der Waals surface area (Å²) < 4.78 is 10.8. The van der Waals surface area contributed by atoms with Gasteiger partial charge in [0.25, 0.3) is 5.91 Å². The lowest BCUT2D eigenvalue weighted by molar-refractivity contribution is -0.146. The van der Waals surface area contributed by atoms with Crippen molar-refractivity contribution in [2.75, 3.05) is 11.9 Å². The summed E-state index contributed by atoms with van der Waals surface area (Å²) >= 11 is 0. The minimum Gasteiger partial charge on any atom is -0.464 e. The largest absolute Gasteiger partial charge is 0.464 e. The minimum absolute atomic E-state index is 0.0394. The number of amides is 1. The Hall–Kier alpha value is -3.60. The first-order valence-corrected chi connectivity index (χ1v) is 9.42. The average Bonchev–Trinajstić information content (AvgIpc) is 3.13. The SMILES string of the molecule is Cc1cccc(NC(=O)COC(=O)Cc2coc3ccc4ccccc4c23)c1C. The molecule has 0 spiro atoms. The lowest BCUT2D eigenvalue weighted by Gasteiger charge is -2.10. The molecule has 0 aliphatic carbocycles. The number of hydrogen-bond donors (Lipinski definition) is 1. The van der Waals surface area contributed by atoms with Crippen LogP contribution in [-0.4, -0.2) is 18.5 Å². The molecule has 1 aromatic heterocycles. The Kier molecular flexibility index (Phi) is 5.04. The summed E-state index contributed by atoms with van der Waals surface area (Å²) in [5.74, 6) is -0.841. The topological polar surface area (TPSA) is 68.5 Å². The van der Waals surface area contributed by atoms with Gasteiger partial charge in [-0.25, -0.2) is 0 Å². The molecule has 5 heteroatoms. The van der Waals surface area contributed by atoms with Crippen molar-refractivity contribution < 1.29 is 18.7 Å². The maximum absolute atomic E-state index is 12.3. The molecule has 3 aromatic carbocycles. The lowest BCUT2D eigenvalue weighted by Crippen LogP contribution is -2.22. The maximum Gasteiger partial charge on any atom is 0.310 e. The number of carbonyl (C=O) groups excluding carboxylic acids is 2. The first-order valence-electron chi connectivity index (χ1n) is 9.42. The van der Waals surface area contributed by atoms with E-state index < -0.39 is 5.97 Å². The summed E-state index contributed by atoms with van der Waals surface area (Å²) in [7, 11) is 0. The number of rotatable bonds is 5. The van der Waals surface area contributed by atoms with Crippen LogP contribution in [0.1, 0.15) is 16.7 Å². The number of aryl methyl sites for hydroxylation is 1. The van der Waals surface area contributed by atoms with E-state index >= 15 is 0 Å². The molecule has 4 aromatic rings. The van der Waals surface area contributed by atoms with Gasteiger partial charge >= 0.3 is 5.97 Å². The van der Waals surface area contributed by atoms with Crippen LogP contribution in [0.15, 0.2) is 65.3 Å². The molecule has 5 nitrogen and oxygen atoms in total. The minimum atomic E-state index is -0.475. The molecule has 0 atom stereocenters. The molecule has 146 valence electrons. The summed E-state index contributed by atoms with van der Waals surface area (Å²) in [6, 6.07) is 17.5. The predicted molar refractivity (Wildman–Crippen MR) is 113 cm³/mol. The Balaban J connectivity index is 1.43. The Morgan fingerprint density at radius 3 is 2.69 bits per heavy atom. The van der Waals surface area contributed by atoms with Crippen LogP contribution in [0.2, 0.25) is 0 Å². The zero-order valence-electron chi connectivity index (χ0n) is 16.3. The van der Waals surface area contributed by atoms with Crippen molar-refractivity contribution in [3.05, 3.63) is 77.6 Å². The molecule has 0 aliphatic heterocycles. The van der Waals surface area contributed by atoms with Crippen LogP contribution in [-0.2, 0) is 20.7 Å². The monoisotopic (exact) mass is 387 g/mol. The number of furan rings is 1. The summed E-state index contributed by atoms with van der Waals surface area (Å²) in [6.45, 7) is 3.58. The number of anilines is 1. The van der Waals surface area contributed by atoms with Crippen LogP contribution < -0.4 is 5.32 Å². The number of benzene rings is 3. The van der Waals surface area contributed by atoms with E-state index in [1.54, 1.807) is 6.26 Å². The Bertz CT molecular complexity index is 1220. The van der Waals surface area contributed by atoms with Crippen molar-refractivity contribution in [1.82, 2.24) is 0 Å². The second kappa shape index (κ2) is 7.80. The number of esters is 1. The lowest BCUT2D eigenvalue weighted by atomic mass is 10.0. The van der Waals surface area contributed by atoms with Gasteiger partial charge in [0, 0.05) is 16.6 Å². The van der Waals surface area contributed by atoms with Crippen LogP contribution in [0, 0.1) is 13.8 Å². The third-order valence-electron chi connectivity index (χ3n) is 5.12. The number of nitrogens with one attached hydrogen (secondary N) is 1. The van der Waals surface area contributed by atoms with Crippen molar-refractivity contribution in [2.24, 2.45) is 0 Å². The van der Waals surface area contributed by atoms with Crippen LogP contribution in [0.3, 0.4) is 0 Å².